The van der Waals surface area contributed by atoms with Gasteiger partial charge in [-0.15, -0.1) is 0 Å². The molecule has 0 fully saturated rings. The van der Waals surface area contributed by atoms with Gasteiger partial charge in [0.25, 0.3) is 0 Å². The first-order chi connectivity index (χ1) is 9.13. The summed E-state index contributed by atoms with van der Waals surface area (Å²) in [6, 6.07) is 1.80. The molecule has 0 aliphatic heterocycles. The summed E-state index contributed by atoms with van der Waals surface area (Å²) in [4.78, 5) is 20.9. The molecule has 0 spiro atoms. The molecule has 0 aliphatic carbocycles. The summed E-state index contributed by atoms with van der Waals surface area (Å²) in [5.41, 5.74) is 0. The lowest BCUT2D eigenvalue weighted by Crippen LogP contribution is -2.42. The van der Waals surface area contributed by atoms with Gasteiger partial charge >= 0.3 is 11.9 Å². The zero-order valence-corrected chi connectivity index (χ0v) is 12.0. The van der Waals surface area contributed by atoms with Gasteiger partial charge in [-0.05, 0) is 18.2 Å². The first-order valence-corrected chi connectivity index (χ1v) is 7.29. The molecule has 3 N–H and O–H groups in total. The number of carboxylic acids is 2. The second kappa shape index (κ2) is 6.40. The Morgan fingerprint density at radius 2 is 1.85 bits per heavy atom. The van der Waals surface area contributed by atoms with E-state index in [1.165, 1.54) is 12.1 Å². The number of hydrogen-bond donors (Lipinski definition) is 3. The molecule has 1 atom stereocenters. The molecule has 0 aliphatic rings. The van der Waals surface area contributed by atoms with E-state index in [1.807, 2.05) is 0 Å². The van der Waals surface area contributed by atoms with Gasteiger partial charge in [-0.25, -0.2) is 8.42 Å². The van der Waals surface area contributed by atoms with E-state index in [-0.39, 0.29) is 10.0 Å². The van der Waals surface area contributed by atoms with E-state index in [9.17, 15) is 18.0 Å². The Bertz CT molecular complexity index is 645. The Kier molecular flexibility index (Phi) is 5.35. The van der Waals surface area contributed by atoms with Crippen LogP contribution in [0.15, 0.2) is 23.1 Å². The third-order valence-electron chi connectivity index (χ3n) is 2.16. The molecule has 0 aromatic heterocycles. The van der Waals surface area contributed by atoms with E-state index in [0.717, 1.165) is 6.07 Å². The van der Waals surface area contributed by atoms with Crippen LogP contribution in [0.4, 0.5) is 0 Å². The highest BCUT2D eigenvalue weighted by Gasteiger charge is 2.28. The molecule has 10 heteroatoms. The predicted molar refractivity (Wildman–Crippen MR) is 70.5 cm³/mol. The molecule has 7 nitrogen and oxygen atoms in total. The molecule has 0 saturated heterocycles. The van der Waals surface area contributed by atoms with E-state index in [0.29, 0.717) is 0 Å². The first-order valence-electron chi connectivity index (χ1n) is 5.05. The van der Waals surface area contributed by atoms with Crippen LogP contribution in [0.25, 0.3) is 0 Å². The summed E-state index contributed by atoms with van der Waals surface area (Å²) in [7, 11) is -4.31. The second-order valence-corrected chi connectivity index (χ2v) is 6.21. The SMILES string of the molecule is O=C(O)CC(NS(=O)(=O)c1cc(Cl)ccc1Cl)C(=O)O. The van der Waals surface area contributed by atoms with Gasteiger partial charge in [-0.1, -0.05) is 23.2 Å². The van der Waals surface area contributed by atoms with Gasteiger partial charge in [0.05, 0.1) is 11.4 Å². The number of sulfonamides is 1. The summed E-state index contributed by atoms with van der Waals surface area (Å²) in [5.74, 6) is -3.08. The zero-order valence-electron chi connectivity index (χ0n) is 9.71. The normalized spacial score (nSPS) is 12.9. The number of carbonyl (C=O) groups is 2. The molecular formula is C10H9Cl2NO6S. The maximum absolute atomic E-state index is 12.0. The Morgan fingerprint density at radius 1 is 1.25 bits per heavy atom. The lowest BCUT2D eigenvalue weighted by Gasteiger charge is -2.13. The molecule has 0 bridgehead atoms. The minimum absolute atomic E-state index is 0.0832. The van der Waals surface area contributed by atoms with Crippen molar-refractivity contribution in [1.29, 1.82) is 0 Å². The summed E-state index contributed by atoms with van der Waals surface area (Å²) in [6.45, 7) is 0. The molecule has 110 valence electrons. The smallest absolute Gasteiger partial charge is 0.322 e. The van der Waals surface area contributed by atoms with Crippen LogP contribution in [0.2, 0.25) is 10.0 Å². The van der Waals surface area contributed by atoms with E-state index < -0.39 is 39.3 Å². The molecule has 1 aromatic carbocycles. The summed E-state index contributed by atoms with van der Waals surface area (Å²) in [6.07, 6.45) is -0.910. The standard InChI is InChI=1S/C10H9Cl2NO6S/c11-5-1-2-6(12)8(3-5)20(18,19)13-7(10(16)17)4-9(14)15/h1-3,7,13H,4H2,(H,14,15)(H,16,17). The van der Waals surface area contributed by atoms with Crippen LogP contribution in [0.1, 0.15) is 6.42 Å². The van der Waals surface area contributed by atoms with Crippen LogP contribution in [0.5, 0.6) is 0 Å². The van der Waals surface area contributed by atoms with Crippen LogP contribution in [0.3, 0.4) is 0 Å². The molecule has 0 amide bonds. The monoisotopic (exact) mass is 341 g/mol. The first kappa shape index (κ1) is 16.7. The zero-order chi connectivity index (χ0) is 15.5. The molecule has 0 heterocycles. The maximum Gasteiger partial charge on any atom is 0.322 e. The fourth-order valence-electron chi connectivity index (χ4n) is 1.29. The number of benzene rings is 1. The Balaban J connectivity index is 3.12. The lowest BCUT2D eigenvalue weighted by atomic mass is 10.2. The van der Waals surface area contributed by atoms with Crippen molar-refractivity contribution in [1.82, 2.24) is 4.72 Å². The van der Waals surface area contributed by atoms with Crippen LogP contribution >= 0.6 is 23.2 Å². The Morgan fingerprint density at radius 3 is 2.35 bits per heavy atom. The average molecular weight is 342 g/mol. The average Bonchev–Trinajstić information content (AvgIpc) is 2.30. The number of nitrogens with one attached hydrogen (secondary N) is 1. The van der Waals surface area contributed by atoms with Crippen molar-refractivity contribution >= 4 is 45.2 Å². The van der Waals surface area contributed by atoms with Gasteiger partial charge in [0.2, 0.25) is 10.0 Å². The van der Waals surface area contributed by atoms with E-state index >= 15 is 0 Å². The van der Waals surface area contributed by atoms with Crippen LogP contribution in [-0.2, 0) is 19.6 Å². The van der Waals surface area contributed by atoms with Gasteiger partial charge in [0.15, 0.2) is 0 Å². The topological polar surface area (TPSA) is 121 Å². The molecule has 0 radical (unpaired) electrons. The number of aliphatic carboxylic acids is 2. The van der Waals surface area contributed by atoms with Crippen molar-refractivity contribution in [2.75, 3.05) is 0 Å². The van der Waals surface area contributed by atoms with E-state index in [4.69, 9.17) is 33.4 Å². The molecule has 20 heavy (non-hydrogen) atoms. The van der Waals surface area contributed by atoms with Crippen molar-refractivity contribution in [3.63, 3.8) is 0 Å². The van der Waals surface area contributed by atoms with Crippen LogP contribution < -0.4 is 4.72 Å². The van der Waals surface area contributed by atoms with E-state index in [2.05, 4.69) is 0 Å². The fraction of sp³-hybridized carbons (Fsp3) is 0.200. The summed E-state index contributed by atoms with van der Waals surface area (Å²) < 4.78 is 25.7. The molecule has 0 saturated carbocycles. The second-order valence-electron chi connectivity index (χ2n) is 3.68. The lowest BCUT2D eigenvalue weighted by molar-refractivity contribution is -0.145. The maximum atomic E-state index is 12.0. The highest BCUT2D eigenvalue weighted by Crippen LogP contribution is 2.25. The number of hydrogen-bond acceptors (Lipinski definition) is 4. The third-order valence-corrected chi connectivity index (χ3v) is 4.35. The van der Waals surface area contributed by atoms with E-state index in [1.54, 1.807) is 4.72 Å². The molecular weight excluding hydrogens is 333 g/mol. The Labute approximate surface area is 124 Å². The Hall–Kier alpha value is -1.35. The quantitative estimate of drug-likeness (QED) is 0.714. The van der Waals surface area contributed by atoms with Crippen molar-refractivity contribution < 1.29 is 28.2 Å². The number of carboxylic acid groups (broad SMARTS) is 2. The molecule has 1 unspecified atom stereocenters. The minimum atomic E-state index is -4.31. The minimum Gasteiger partial charge on any atom is -0.481 e. The molecule has 1 rings (SSSR count). The van der Waals surface area contributed by atoms with Gasteiger partial charge in [-0.3, -0.25) is 9.59 Å². The van der Waals surface area contributed by atoms with Crippen LogP contribution in [-0.4, -0.2) is 36.6 Å². The fourth-order valence-corrected chi connectivity index (χ4v) is 3.24. The van der Waals surface area contributed by atoms with Crippen LogP contribution in [0, 0.1) is 0 Å². The van der Waals surface area contributed by atoms with Crippen molar-refractivity contribution in [2.45, 2.75) is 17.4 Å². The number of rotatable bonds is 6. The van der Waals surface area contributed by atoms with Crippen molar-refractivity contribution in [3.8, 4) is 0 Å². The summed E-state index contributed by atoms with van der Waals surface area (Å²) >= 11 is 11.4. The number of halogens is 2. The van der Waals surface area contributed by atoms with Gasteiger partial charge < -0.3 is 10.2 Å². The third kappa shape index (κ3) is 4.34. The highest BCUT2D eigenvalue weighted by atomic mass is 35.5. The van der Waals surface area contributed by atoms with Gasteiger partial charge in [-0.2, -0.15) is 4.72 Å². The van der Waals surface area contributed by atoms with Gasteiger partial charge in [0.1, 0.15) is 10.9 Å². The predicted octanol–water partition coefficient (Wildman–Crippen LogP) is 1.20. The highest BCUT2D eigenvalue weighted by molar-refractivity contribution is 7.89. The molecule has 1 aromatic rings. The van der Waals surface area contributed by atoms with Gasteiger partial charge in [0, 0.05) is 5.02 Å². The van der Waals surface area contributed by atoms with Crippen molar-refractivity contribution in [3.05, 3.63) is 28.2 Å². The largest absolute Gasteiger partial charge is 0.481 e. The summed E-state index contributed by atoms with van der Waals surface area (Å²) in [5, 5.41) is 17.3. The van der Waals surface area contributed by atoms with Crippen molar-refractivity contribution in [2.24, 2.45) is 0 Å².